The molecule has 0 aliphatic carbocycles. The Morgan fingerprint density at radius 1 is 1.38 bits per heavy atom. The monoisotopic (exact) mass is 329 g/mol. The molecule has 0 bridgehead atoms. The molecule has 2 atom stereocenters. The molecule has 128 valence electrons. The molecule has 1 saturated heterocycles. The van der Waals surface area contributed by atoms with Crippen molar-refractivity contribution in [3.63, 3.8) is 0 Å². The van der Waals surface area contributed by atoms with Crippen LogP contribution >= 0.6 is 0 Å². The first kappa shape index (κ1) is 16.5. The fourth-order valence-electron chi connectivity index (χ4n) is 3.56. The summed E-state index contributed by atoms with van der Waals surface area (Å²) in [6.07, 6.45) is 2.02. The Balaban J connectivity index is 1.75. The molecule has 2 N–H and O–H groups in total. The lowest BCUT2D eigenvalue weighted by Gasteiger charge is -2.33. The summed E-state index contributed by atoms with van der Waals surface area (Å²) in [7, 11) is 1.71. The summed E-state index contributed by atoms with van der Waals surface area (Å²) in [5, 5.41) is 5.98. The lowest BCUT2D eigenvalue weighted by atomic mass is 9.88. The van der Waals surface area contributed by atoms with Gasteiger partial charge in [0.05, 0.1) is 11.5 Å². The molecule has 3 amide bonds. The number of rotatable bonds is 4. The second-order valence-electron chi connectivity index (χ2n) is 6.73. The third-order valence-electron chi connectivity index (χ3n) is 5.20. The first-order valence-electron chi connectivity index (χ1n) is 8.39. The molecule has 1 aromatic rings. The Bertz CT molecular complexity index is 688. The van der Waals surface area contributed by atoms with Gasteiger partial charge in [-0.2, -0.15) is 0 Å². The summed E-state index contributed by atoms with van der Waals surface area (Å²) >= 11 is 0. The first-order valence-corrected chi connectivity index (χ1v) is 8.39. The van der Waals surface area contributed by atoms with E-state index in [0.717, 1.165) is 18.4 Å². The third-order valence-corrected chi connectivity index (χ3v) is 5.20. The quantitative estimate of drug-likeness (QED) is 0.866. The van der Waals surface area contributed by atoms with Crippen LogP contribution in [0.25, 0.3) is 0 Å². The van der Waals surface area contributed by atoms with Crippen LogP contribution in [0.5, 0.6) is 0 Å². The van der Waals surface area contributed by atoms with Crippen molar-refractivity contribution in [1.82, 2.24) is 15.5 Å². The van der Waals surface area contributed by atoms with Gasteiger partial charge in [-0.25, -0.2) is 0 Å². The molecule has 24 heavy (non-hydrogen) atoms. The van der Waals surface area contributed by atoms with Gasteiger partial charge in [0.15, 0.2) is 0 Å². The summed E-state index contributed by atoms with van der Waals surface area (Å²) < 4.78 is 0. The molecule has 2 aliphatic heterocycles. The number of carbonyl (C=O) groups excluding carboxylic acids is 3. The topological polar surface area (TPSA) is 78.5 Å². The van der Waals surface area contributed by atoms with E-state index in [2.05, 4.69) is 10.6 Å². The highest BCUT2D eigenvalue weighted by Crippen LogP contribution is 2.28. The maximum absolute atomic E-state index is 12.7. The van der Waals surface area contributed by atoms with Crippen LogP contribution < -0.4 is 10.6 Å². The molecule has 6 heteroatoms. The van der Waals surface area contributed by atoms with Crippen LogP contribution in [0.4, 0.5) is 0 Å². The van der Waals surface area contributed by atoms with E-state index in [4.69, 9.17) is 0 Å². The van der Waals surface area contributed by atoms with Crippen LogP contribution in [0.3, 0.4) is 0 Å². The summed E-state index contributed by atoms with van der Waals surface area (Å²) in [6, 6.07) is 7.27. The second-order valence-corrected chi connectivity index (χ2v) is 6.73. The number of amides is 3. The Morgan fingerprint density at radius 3 is 2.79 bits per heavy atom. The molecule has 0 aromatic heterocycles. The van der Waals surface area contributed by atoms with Gasteiger partial charge in [0.1, 0.15) is 0 Å². The lowest BCUT2D eigenvalue weighted by molar-refractivity contribution is -0.124. The Hall–Kier alpha value is -2.37. The molecular weight excluding hydrogens is 306 g/mol. The molecule has 0 spiro atoms. The average molecular weight is 329 g/mol. The average Bonchev–Trinajstić information content (AvgIpc) is 2.98. The molecule has 1 aromatic carbocycles. The Morgan fingerprint density at radius 2 is 2.12 bits per heavy atom. The fourth-order valence-corrected chi connectivity index (χ4v) is 3.56. The van der Waals surface area contributed by atoms with E-state index in [1.54, 1.807) is 18.0 Å². The number of nitrogens with zero attached hydrogens (tertiary/aromatic N) is 1. The van der Waals surface area contributed by atoms with Crippen LogP contribution in [0, 0.1) is 0 Å². The molecule has 2 unspecified atom stereocenters. The predicted molar refractivity (Wildman–Crippen MR) is 89.6 cm³/mol. The number of fused-ring (bicyclic) bond motifs is 1. The largest absolute Gasteiger partial charge is 0.353 e. The number of nitrogens with one attached hydrogen (secondary N) is 2. The van der Waals surface area contributed by atoms with Crippen LogP contribution in [-0.4, -0.2) is 48.3 Å². The zero-order chi connectivity index (χ0) is 17.3. The Kier molecular flexibility index (Phi) is 4.30. The third kappa shape index (κ3) is 2.88. The number of carbonyl (C=O) groups is 3. The predicted octanol–water partition coefficient (Wildman–Crippen LogP) is 1.03. The van der Waals surface area contributed by atoms with Crippen molar-refractivity contribution in [2.75, 3.05) is 20.1 Å². The van der Waals surface area contributed by atoms with Crippen LogP contribution in [0.2, 0.25) is 0 Å². The van der Waals surface area contributed by atoms with Gasteiger partial charge in [-0.05, 0) is 24.5 Å². The molecular formula is C18H23N3O3. The van der Waals surface area contributed by atoms with Crippen LogP contribution in [-0.2, 0) is 9.59 Å². The minimum Gasteiger partial charge on any atom is -0.353 e. The zero-order valence-electron chi connectivity index (χ0n) is 14.1. The number of benzene rings is 1. The van der Waals surface area contributed by atoms with Gasteiger partial charge in [0, 0.05) is 32.1 Å². The molecule has 3 rings (SSSR count). The van der Waals surface area contributed by atoms with Gasteiger partial charge in [-0.15, -0.1) is 0 Å². The van der Waals surface area contributed by atoms with Gasteiger partial charge in [0.25, 0.3) is 5.91 Å². The van der Waals surface area contributed by atoms with Crippen LogP contribution in [0.15, 0.2) is 24.3 Å². The minimum atomic E-state index is -0.380. The minimum absolute atomic E-state index is 0.0411. The highest BCUT2D eigenvalue weighted by molar-refractivity contribution is 6.00. The van der Waals surface area contributed by atoms with E-state index >= 15 is 0 Å². The van der Waals surface area contributed by atoms with Crippen molar-refractivity contribution in [3.8, 4) is 0 Å². The zero-order valence-corrected chi connectivity index (χ0v) is 14.1. The molecule has 2 aliphatic rings. The van der Waals surface area contributed by atoms with E-state index in [9.17, 15) is 14.4 Å². The summed E-state index contributed by atoms with van der Waals surface area (Å²) in [6.45, 7) is 2.80. The van der Waals surface area contributed by atoms with Crippen molar-refractivity contribution in [1.29, 1.82) is 0 Å². The van der Waals surface area contributed by atoms with Crippen LogP contribution in [0.1, 0.15) is 48.0 Å². The number of hydrogen-bond donors (Lipinski definition) is 2. The molecule has 1 fully saturated rings. The van der Waals surface area contributed by atoms with Gasteiger partial charge >= 0.3 is 0 Å². The van der Waals surface area contributed by atoms with Gasteiger partial charge in [0.2, 0.25) is 11.8 Å². The fraction of sp³-hybridized carbons (Fsp3) is 0.500. The van der Waals surface area contributed by atoms with E-state index < -0.39 is 0 Å². The smallest absolute Gasteiger partial charge is 0.253 e. The molecule has 0 saturated carbocycles. The van der Waals surface area contributed by atoms with E-state index in [0.29, 0.717) is 25.1 Å². The van der Waals surface area contributed by atoms with E-state index in [-0.39, 0.29) is 29.2 Å². The standard InChI is InChI=1S/C18H23N3O3/c1-3-18(9-8-15(22)20-18)11-19-16(23)14-10-21(2)17(24)13-7-5-4-6-12(13)14/h4-7,14H,3,8-11H2,1-2H3,(H,19,23)(H,20,22). The number of hydrogen-bond acceptors (Lipinski definition) is 3. The highest BCUT2D eigenvalue weighted by atomic mass is 16.2. The lowest BCUT2D eigenvalue weighted by Crippen LogP contribution is -2.52. The maximum Gasteiger partial charge on any atom is 0.253 e. The van der Waals surface area contributed by atoms with Crippen molar-refractivity contribution in [2.45, 2.75) is 37.6 Å². The molecule has 6 nitrogen and oxygen atoms in total. The SMILES string of the molecule is CCC1(CNC(=O)C2CN(C)C(=O)c3ccccc32)CCC(=O)N1. The molecule has 2 heterocycles. The second kappa shape index (κ2) is 6.26. The first-order chi connectivity index (χ1) is 11.5. The van der Waals surface area contributed by atoms with Crippen molar-refractivity contribution in [2.24, 2.45) is 0 Å². The van der Waals surface area contributed by atoms with Crippen molar-refractivity contribution in [3.05, 3.63) is 35.4 Å². The summed E-state index contributed by atoms with van der Waals surface area (Å²) in [4.78, 5) is 38.1. The highest BCUT2D eigenvalue weighted by Gasteiger charge is 2.38. The van der Waals surface area contributed by atoms with E-state index in [1.807, 2.05) is 25.1 Å². The maximum atomic E-state index is 12.7. The number of likely N-dealkylation sites (N-methyl/N-ethyl adjacent to an activating group) is 1. The molecule has 0 radical (unpaired) electrons. The Labute approximate surface area is 141 Å². The normalized spacial score (nSPS) is 26.1. The van der Waals surface area contributed by atoms with Crippen molar-refractivity contribution < 1.29 is 14.4 Å². The van der Waals surface area contributed by atoms with E-state index in [1.165, 1.54) is 0 Å². The van der Waals surface area contributed by atoms with Crippen molar-refractivity contribution >= 4 is 17.7 Å². The summed E-state index contributed by atoms with van der Waals surface area (Å²) in [5.74, 6) is -0.493. The van der Waals surface area contributed by atoms with Gasteiger partial charge in [-0.1, -0.05) is 25.1 Å². The van der Waals surface area contributed by atoms with Gasteiger partial charge < -0.3 is 15.5 Å². The van der Waals surface area contributed by atoms with Gasteiger partial charge in [-0.3, -0.25) is 14.4 Å². The summed E-state index contributed by atoms with van der Waals surface area (Å²) in [5.41, 5.74) is 1.02.